The van der Waals surface area contributed by atoms with Gasteiger partial charge in [0.2, 0.25) is 5.91 Å². The summed E-state index contributed by atoms with van der Waals surface area (Å²) < 4.78 is 0. The fourth-order valence-corrected chi connectivity index (χ4v) is 4.09. The molecular weight excluding hydrogens is 362 g/mol. The summed E-state index contributed by atoms with van der Waals surface area (Å²) in [5.74, 6) is -0.244. The first-order valence-corrected chi connectivity index (χ1v) is 9.11. The maximum Gasteiger partial charge on any atom is 0.271 e. The Morgan fingerprint density at radius 1 is 0.963 bits per heavy atom. The quantitative estimate of drug-likeness (QED) is 0.520. The molecule has 27 heavy (non-hydrogen) atoms. The number of hydrogen-bond acceptors (Lipinski definition) is 5. The molecule has 0 bridgehead atoms. The van der Waals surface area contributed by atoms with E-state index in [1.165, 1.54) is 12.1 Å². The highest BCUT2D eigenvalue weighted by Gasteiger charge is 2.24. The molecule has 1 N–H and O–H groups in total. The van der Waals surface area contributed by atoms with E-state index in [0.717, 1.165) is 21.2 Å². The number of rotatable bonds is 4. The zero-order valence-corrected chi connectivity index (χ0v) is 15.0. The fraction of sp³-hybridized carbons (Fsp3) is 0.0500. The second kappa shape index (κ2) is 7.13. The third-order valence-corrected chi connectivity index (χ3v) is 5.30. The molecule has 3 aromatic carbocycles. The largest absolute Gasteiger partial charge is 0.330 e. The van der Waals surface area contributed by atoms with Crippen LogP contribution in [-0.4, -0.2) is 17.4 Å². The number of amides is 1. The lowest BCUT2D eigenvalue weighted by Crippen LogP contribution is -2.31. The van der Waals surface area contributed by atoms with Gasteiger partial charge in [0.1, 0.15) is 6.54 Å². The van der Waals surface area contributed by atoms with Crippen LogP contribution in [-0.2, 0) is 4.79 Å². The molecule has 1 aliphatic heterocycles. The molecular formula is C20H15N3O3S. The molecule has 4 rings (SSSR count). The molecule has 7 heteroatoms. The van der Waals surface area contributed by atoms with Gasteiger partial charge in [-0.25, -0.2) is 0 Å². The number of nitrogens with one attached hydrogen (secondary N) is 1. The van der Waals surface area contributed by atoms with Gasteiger partial charge in [-0.2, -0.15) is 0 Å². The standard InChI is InChI=1S/C20H15N3O3S/c24-20(21-14-6-5-7-15(12-14)23(25)26)13-22-16-8-1-3-10-18(16)27-19-11-4-2-9-17(19)22/h1-12H,13H2,(H,21,24). The second-order valence-electron chi connectivity index (χ2n) is 5.98. The number of carbonyl (C=O) groups excluding carboxylic acids is 1. The maximum absolute atomic E-state index is 12.7. The van der Waals surface area contributed by atoms with E-state index in [9.17, 15) is 14.9 Å². The summed E-state index contributed by atoms with van der Waals surface area (Å²) in [7, 11) is 0. The number of nitro benzene ring substituents is 1. The lowest BCUT2D eigenvalue weighted by Gasteiger charge is -2.32. The van der Waals surface area contributed by atoms with E-state index in [1.807, 2.05) is 53.4 Å². The van der Waals surface area contributed by atoms with Crippen LogP contribution in [0.1, 0.15) is 0 Å². The number of benzene rings is 3. The summed E-state index contributed by atoms with van der Waals surface area (Å²) in [6.07, 6.45) is 0. The topological polar surface area (TPSA) is 75.5 Å². The van der Waals surface area contributed by atoms with Gasteiger partial charge < -0.3 is 10.2 Å². The average Bonchev–Trinajstić information content (AvgIpc) is 2.68. The zero-order valence-electron chi connectivity index (χ0n) is 14.2. The molecule has 0 aromatic heterocycles. The van der Waals surface area contributed by atoms with Crippen molar-refractivity contribution < 1.29 is 9.72 Å². The normalized spacial score (nSPS) is 12.1. The molecule has 0 atom stereocenters. The number of anilines is 3. The number of para-hydroxylation sites is 2. The lowest BCUT2D eigenvalue weighted by atomic mass is 10.2. The van der Waals surface area contributed by atoms with Crippen LogP contribution < -0.4 is 10.2 Å². The van der Waals surface area contributed by atoms with Crippen LogP contribution in [0.4, 0.5) is 22.7 Å². The van der Waals surface area contributed by atoms with Crippen LogP contribution in [0.3, 0.4) is 0 Å². The van der Waals surface area contributed by atoms with E-state index in [0.29, 0.717) is 5.69 Å². The van der Waals surface area contributed by atoms with Gasteiger partial charge in [-0.15, -0.1) is 0 Å². The Kier molecular flexibility index (Phi) is 4.52. The van der Waals surface area contributed by atoms with E-state index in [4.69, 9.17) is 0 Å². The molecule has 0 spiro atoms. The van der Waals surface area contributed by atoms with Crippen LogP contribution in [0.25, 0.3) is 0 Å². The summed E-state index contributed by atoms with van der Waals surface area (Å²) in [4.78, 5) is 27.2. The minimum absolute atomic E-state index is 0.0575. The molecule has 0 unspecified atom stereocenters. The Morgan fingerprint density at radius 3 is 2.22 bits per heavy atom. The van der Waals surface area contributed by atoms with Gasteiger partial charge in [-0.05, 0) is 30.3 Å². The summed E-state index contributed by atoms with van der Waals surface area (Å²) in [6, 6.07) is 21.8. The molecule has 3 aromatic rings. The van der Waals surface area contributed by atoms with Crippen LogP contribution in [0, 0.1) is 10.1 Å². The monoisotopic (exact) mass is 377 g/mol. The van der Waals surface area contributed by atoms with Crippen LogP contribution in [0.2, 0.25) is 0 Å². The molecule has 0 saturated carbocycles. The van der Waals surface area contributed by atoms with E-state index >= 15 is 0 Å². The number of non-ortho nitro benzene ring substituents is 1. The van der Waals surface area contributed by atoms with Crippen molar-refractivity contribution in [1.82, 2.24) is 0 Å². The molecule has 0 aliphatic carbocycles. The average molecular weight is 377 g/mol. The molecule has 134 valence electrons. The second-order valence-corrected chi connectivity index (χ2v) is 7.06. The van der Waals surface area contributed by atoms with Crippen molar-refractivity contribution in [2.45, 2.75) is 9.79 Å². The van der Waals surface area contributed by atoms with Crippen LogP contribution in [0.5, 0.6) is 0 Å². The Morgan fingerprint density at radius 2 is 1.59 bits per heavy atom. The van der Waals surface area contributed by atoms with Crippen molar-refractivity contribution in [2.24, 2.45) is 0 Å². The van der Waals surface area contributed by atoms with Crippen molar-refractivity contribution in [2.75, 3.05) is 16.8 Å². The Bertz CT molecular complexity index is 993. The first-order valence-electron chi connectivity index (χ1n) is 8.29. The highest BCUT2D eigenvalue weighted by molar-refractivity contribution is 7.99. The van der Waals surface area contributed by atoms with E-state index in [2.05, 4.69) is 5.32 Å². The lowest BCUT2D eigenvalue weighted by molar-refractivity contribution is -0.384. The van der Waals surface area contributed by atoms with Crippen molar-refractivity contribution in [3.63, 3.8) is 0 Å². The third kappa shape index (κ3) is 3.50. The molecule has 0 saturated heterocycles. The SMILES string of the molecule is O=C(CN1c2ccccc2Sc2ccccc21)Nc1cccc([N+](=O)[O-])c1. The van der Waals surface area contributed by atoms with Gasteiger partial charge in [0.15, 0.2) is 0 Å². The van der Waals surface area contributed by atoms with Crippen molar-refractivity contribution in [1.29, 1.82) is 0 Å². The fourth-order valence-electron chi connectivity index (χ4n) is 2.99. The molecule has 1 heterocycles. The van der Waals surface area contributed by atoms with Crippen molar-refractivity contribution in [3.05, 3.63) is 82.9 Å². The highest BCUT2D eigenvalue weighted by Crippen LogP contribution is 2.47. The van der Waals surface area contributed by atoms with Gasteiger partial charge in [0.25, 0.3) is 5.69 Å². The molecule has 0 radical (unpaired) electrons. The van der Waals surface area contributed by atoms with Crippen molar-refractivity contribution >= 4 is 40.4 Å². The maximum atomic E-state index is 12.7. The third-order valence-electron chi connectivity index (χ3n) is 4.17. The van der Waals surface area contributed by atoms with Crippen molar-refractivity contribution in [3.8, 4) is 0 Å². The summed E-state index contributed by atoms with van der Waals surface area (Å²) >= 11 is 1.67. The molecule has 6 nitrogen and oxygen atoms in total. The first-order chi connectivity index (χ1) is 13.1. The minimum atomic E-state index is -0.482. The molecule has 1 aliphatic rings. The number of nitro groups is 1. The number of hydrogen-bond donors (Lipinski definition) is 1. The smallest absolute Gasteiger partial charge is 0.271 e. The van der Waals surface area contributed by atoms with E-state index < -0.39 is 4.92 Å². The molecule has 1 amide bonds. The summed E-state index contributed by atoms with van der Waals surface area (Å²) in [6.45, 7) is 0.108. The summed E-state index contributed by atoms with van der Waals surface area (Å²) in [5.41, 5.74) is 2.28. The van der Waals surface area contributed by atoms with Gasteiger partial charge in [0.05, 0.1) is 16.3 Å². The number of carbonyl (C=O) groups is 1. The zero-order chi connectivity index (χ0) is 18.8. The predicted octanol–water partition coefficient (Wildman–Crippen LogP) is 4.84. The Balaban J connectivity index is 1.60. The van der Waals surface area contributed by atoms with Gasteiger partial charge in [-0.3, -0.25) is 14.9 Å². The Labute approximate surface area is 160 Å². The van der Waals surface area contributed by atoms with Gasteiger partial charge in [0, 0.05) is 27.6 Å². The van der Waals surface area contributed by atoms with E-state index in [1.54, 1.807) is 23.9 Å². The van der Waals surface area contributed by atoms with Gasteiger partial charge >= 0.3 is 0 Å². The van der Waals surface area contributed by atoms with Crippen LogP contribution in [0.15, 0.2) is 82.6 Å². The number of fused-ring (bicyclic) bond motifs is 2. The summed E-state index contributed by atoms with van der Waals surface area (Å²) in [5, 5.41) is 13.7. The van der Waals surface area contributed by atoms with Gasteiger partial charge in [-0.1, -0.05) is 42.1 Å². The van der Waals surface area contributed by atoms with E-state index in [-0.39, 0.29) is 18.1 Å². The predicted molar refractivity (Wildman–Crippen MR) is 106 cm³/mol. The highest BCUT2D eigenvalue weighted by atomic mass is 32.2. The minimum Gasteiger partial charge on any atom is -0.330 e. The first kappa shape index (κ1) is 17.1. The number of nitrogens with zero attached hydrogens (tertiary/aromatic N) is 2. The molecule has 0 fully saturated rings. The van der Waals surface area contributed by atoms with Crippen LogP contribution >= 0.6 is 11.8 Å². The Hall–Kier alpha value is -3.32.